The molecule has 14 heavy (non-hydrogen) atoms. The zero-order valence-electron chi connectivity index (χ0n) is 8.66. The molecule has 0 amide bonds. The maximum atomic E-state index is 11.7. The monoisotopic (exact) mass is 189 g/mol. The van der Waals surface area contributed by atoms with Gasteiger partial charge in [-0.2, -0.15) is 0 Å². The first-order valence-corrected chi connectivity index (χ1v) is 5.11. The summed E-state index contributed by atoms with van der Waals surface area (Å²) in [6.07, 6.45) is 3.35. The van der Waals surface area contributed by atoms with E-state index in [-0.39, 0.29) is 0 Å². The Kier molecular flexibility index (Phi) is 2.36. The van der Waals surface area contributed by atoms with Gasteiger partial charge in [0.1, 0.15) is 5.78 Å². The summed E-state index contributed by atoms with van der Waals surface area (Å²) in [6, 6.07) is 3.91. The van der Waals surface area contributed by atoms with E-state index >= 15 is 0 Å². The fourth-order valence-corrected chi connectivity index (χ4v) is 1.77. The summed E-state index contributed by atoms with van der Waals surface area (Å²) in [5.41, 5.74) is 2.06. The second kappa shape index (κ2) is 3.52. The van der Waals surface area contributed by atoms with E-state index in [9.17, 15) is 4.79 Å². The number of nitrogens with zero attached hydrogens (tertiary/aromatic N) is 1. The molecule has 2 nitrogen and oxygen atoms in total. The second-order valence-corrected chi connectivity index (χ2v) is 4.23. The Morgan fingerprint density at radius 2 is 2.36 bits per heavy atom. The van der Waals surface area contributed by atoms with Crippen LogP contribution in [0.5, 0.6) is 0 Å². The third-order valence-electron chi connectivity index (χ3n) is 2.98. The molecule has 0 aromatic carbocycles. The van der Waals surface area contributed by atoms with Crippen LogP contribution in [-0.4, -0.2) is 10.8 Å². The summed E-state index contributed by atoms with van der Waals surface area (Å²) < 4.78 is 0. The van der Waals surface area contributed by atoms with Crippen molar-refractivity contribution in [3.8, 4) is 0 Å². The maximum absolute atomic E-state index is 11.7. The van der Waals surface area contributed by atoms with Gasteiger partial charge in [0.05, 0.1) is 5.69 Å². The minimum absolute atomic E-state index is 0.316. The molecule has 2 heteroatoms. The molecule has 0 aliphatic heterocycles. The van der Waals surface area contributed by atoms with Crippen LogP contribution in [0.3, 0.4) is 0 Å². The summed E-state index contributed by atoms with van der Waals surface area (Å²) in [7, 11) is 0. The molecule has 0 radical (unpaired) electrons. The Labute approximate surface area is 84.4 Å². The molecule has 0 spiro atoms. The molecule has 0 N–H and O–H groups in total. The summed E-state index contributed by atoms with van der Waals surface area (Å²) in [6.45, 7) is 4.14. The average molecular weight is 189 g/mol. The molecular formula is C12H15NO. The lowest BCUT2D eigenvalue weighted by Gasteiger charge is -2.02. The minimum atomic E-state index is 0.316. The van der Waals surface area contributed by atoms with Crippen molar-refractivity contribution in [1.29, 1.82) is 0 Å². The van der Waals surface area contributed by atoms with Crippen LogP contribution in [0.2, 0.25) is 0 Å². The minimum Gasteiger partial charge on any atom is -0.299 e. The number of pyridine rings is 1. The van der Waals surface area contributed by atoms with E-state index in [4.69, 9.17) is 0 Å². The van der Waals surface area contributed by atoms with E-state index in [1.807, 2.05) is 19.1 Å². The highest BCUT2D eigenvalue weighted by molar-refractivity contribution is 5.85. The van der Waals surface area contributed by atoms with Crippen molar-refractivity contribution in [3.63, 3.8) is 0 Å². The summed E-state index contributed by atoms with van der Waals surface area (Å²) >= 11 is 0. The molecule has 1 heterocycles. The Morgan fingerprint density at radius 1 is 1.64 bits per heavy atom. The lowest BCUT2D eigenvalue weighted by molar-refractivity contribution is -0.119. The van der Waals surface area contributed by atoms with Crippen molar-refractivity contribution in [2.75, 3.05) is 0 Å². The van der Waals surface area contributed by atoms with Crippen LogP contribution in [-0.2, 0) is 11.2 Å². The number of ketones is 1. The Bertz CT molecular complexity index is 359. The normalized spacial score (nSPS) is 24.7. The van der Waals surface area contributed by atoms with E-state index in [2.05, 4.69) is 11.9 Å². The number of carbonyl (C=O) groups excluding carboxylic acids is 1. The first-order valence-electron chi connectivity index (χ1n) is 5.11. The van der Waals surface area contributed by atoms with Gasteiger partial charge < -0.3 is 0 Å². The number of rotatable bonds is 3. The van der Waals surface area contributed by atoms with Crippen LogP contribution < -0.4 is 0 Å². The highest BCUT2D eigenvalue weighted by Gasteiger charge is 2.38. The van der Waals surface area contributed by atoms with E-state index < -0.39 is 0 Å². The summed E-state index contributed by atoms with van der Waals surface area (Å²) in [4.78, 5) is 15.9. The van der Waals surface area contributed by atoms with Crippen molar-refractivity contribution in [2.24, 2.45) is 11.8 Å². The van der Waals surface area contributed by atoms with Gasteiger partial charge in [0.2, 0.25) is 0 Å². The average Bonchev–Trinajstić information content (AvgIpc) is 2.87. The van der Waals surface area contributed by atoms with Crippen LogP contribution in [0, 0.1) is 18.8 Å². The molecule has 1 aliphatic carbocycles. The second-order valence-electron chi connectivity index (χ2n) is 4.23. The smallest absolute Gasteiger partial charge is 0.142 e. The third-order valence-corrected chi connectivity index (χ3v) is 2.98. The number of Topliss-reactive ketones (excluding diaryl/α,β-unsaturated/α-hetero) is 1. The number of aromatic nitrogens is 1. The number of aryl methyl sites for hydroxylation is 1. The van der Waals surface area contributed by atoms with Crippen molar-refractivity contribution in [3.05, 3.63) is 29.6 Å². The molecule has 0 saturated heterocycles. The Balaban J connectivity index is 2.04. The van der Waals surface area contributed by atoms with Crippen molar-refractivity contribution < 1.29 is 4.79 Å². The molecule has 1 fully saturated rings. The molecule has 2 unspecified atom stereocenters. The zero-order valence-corrected chi connectivity index (χ0v) is 8.66. The molecule has 1 aliphatic rings. The molecule has 2 atom stereocenters. The van der Waals surface area contributed by atoms with Gasteiger partial charge in [-0.25, -0.2) is 0 Å². The third kappa shape index (κ3) is 1.84. The highest BCUT2D eigenvalue weighted by Crippen LogP contribution is 2.39. The Morgan fingerprint density at radius 3 is 2.93 bits per heavy atom. The van der Waals surface area contributed by atoms with Crippen molar-refractivity contribution in [1.82, 2.24) is 4.98 Å². The van der Waals surface area contributed by atoms with Gasteiger partial charge in [0.25, 0.3) is 0 Å². The zero-order chi connectivity index (χ0) is 10.1. The fourth-order valence-electron chi connectivity index (χ4n) is 1.77. The van der Waals surface area contributed by atoms with Crippen LogP contribution in [0.25, 0.3) is 0 Å². The lowest BCUT2D eigenvalue weighted by Crippen LogP contribution is -2.08. The predicted molar refractivity (Wildman–Crippen MR) is 55.0 cm³/mol. The van der Waals surface area contributed by atoms with E-state index in [1.54, 1.807) is 6.20 Å². The molecule has 1 saturated carbocycles. The van der Waals surface area contributed by atoms with Crippen molar-refractivity contribution >= 4 is 5.78 Å². The van der Waals surface area contributed by atoms with Gasteiger partial charge in [0, 0.05) is 18.5 Å². The van der Waals surface area contributed by atoms with Gasteiger partial charge in [-0.1, -0.05) is 13.0 Å². The molecule has 1 aromatic rings. The van der Waals surface area contributed by atoms with Gasteiger partial charge in [-0.15, -0.1) is 0 Å². The highest BCUT2D eigenvalue weighted by atomic mass is 16.1. The SMILES string of the molecule is Cc1cccnc1CC(=O)C1CC1C. The molecule has 1 aromatic heterocycles. The molecule has 2 rings (SSSR count). The topological polar surface area (TPSA) is 30.0 Å². The molecule has 0 bridgehead atoms. The lowest BCUT2D eigenvalue weighted by atomic mass is 10.1. The molecule has 74 valence electrons. The number of hydrogen-bond acceptors (Lipinski definition) is 2. The van der Waals surface area contributed by atoms with Crippen molar-refractivity contribution in [2.45, 2.75) is 26.7 Å². The number of carbonyl (C=O) groups is 1. The van der Waals surface area contributed by atoms with Gasteiger partial charge >= 0.3 is 0 Å². The largest absolute Gasteiger partial charge is 0.299 e. The summed E-state index contributed by atoms with van der Waals surface area (Å²) in [5.74, 6) is 1.28. The van der Waals surface area contributed by atoms with Crippen LogP contribution >= 0.6 is 0 Å². The quantitative estimate of drug-likeness (QED) is 0.729. The first-order chi connectivity index (χ1) is 6.68. The van der Waals surface area contributed by atoms with Gasteiger partial charge in [0.15, 0.2) is 0 Å². The van der Waals surface area contributed by atoms with Crippen LogP contribution in [0.15, 0.2) is 18.3 Å². The van der Waals surface area contributed by atoms with Crippen LogP contribution in [0.4, 0.5) is 0 Å². The molecular weight excluding hydrogens is 174 g/mol. The van der Waals surface area contributed by atoms with Crippen LogP contribution in [0.1, 0.15) is 24.6 Å². The fraction of sp³-hybridized carbons (Fsp3) is 0.500. The van der Waals surface area contributed by atoms with E-state index in [0.717, 1.165) is 17.7 Å². The maximum Gasteiger partial charge on any atom is 0.142 e. The Hall–Kier alpha value is -1.18. The number of hydrogen-bond donors (Lipinski definition) is 0. The predicted octanol–water partition coefficient (Wildman–Crippen LogP) is 2.16. The first kappa shape index (κ1) is 9.38. The standard InChI is InChI=1S/C12H15NO/c1-8-4-3-5-13-11(8)7-12(14)10-6-9(10)2/h3-5,9-10H,6-7H2,1-2H3. The van der Waals surface area contributed by atoms with E-state index in [1.165, 1.54) is 0 Å². The van der Waals surface area contributed by atoms with Gasteiger partial charge in [-0.05, 0) is 30.9 Å². The van der Waals surface area contributed by atoms with Gasteiger partial charge in [-0.3, -0.25) is 9.78 Å². The van der Waals surface area contributed by atoms with E-state index in [0.29, 0.717) is 24.0 Å². The summed E-state index contributed by atoms with van der Waals surface area (Å²) in [5, 5.41) is 0.